The molecule has 1 N–H and O–H groups in total. The number of amides is 1. The van der Waals surface area contributed by atoms with Gasteiger partial charge in [0.15, 0.2) is 0 Å². The van der Waals surface area contributed by atoms with Crippen molar-refractivity contribution in [3.63, 3.8) is 0 Å². The summed E-state index contributed by atoms with van der Waals surface area (Å²) in [5.74, 6) is -2.85. The molecule has 2 aromatic carbocycles. The maximum absolute atomic E-state index is 13.5. The fourth-order valence-electron chi connectivity index (χ4n) is 3.43. The molecular formula is C20H19ClF4N2O4S. The number of halogens is 5. The number of carbonyl (C=O) groups is 1. The topological polar surface area (TPSA) is 75.7 Å². The van der Waals surface area contributed by atoms with Gasteiger partial charge in [0.05, 0.1) is 18.6 Å². The highest BCUT2D eigenvalue weighted by Crippen LogP contribution is 2.34. The molecule has 0 aromatic heterocycles. The highest BCUT2D eigenvalue weighted by molar-refractivity contribution is 7.89. The number of alkyl halides is 3. The molecule has 174 valence electrons. The maximum atomic E-state index is 13.5. The maximum Gasteiger partial charge on any atom is 0.419 e. The molecule has 1 heterocycles. The number of piperidine rings is 1. The average molecular weight is 495 g/mol. The number of hydrogen-bond donors (Lipinski definition) is 1. The fraction of sp³-hybridized carbons (Fsp3) is 0.350. The molecule has 0 aliphatic carbocycles. The minimum atomic E-state index is -4.92. The first-order chi connectivity index (χ1) is 14.9. The average Bonchev–Trinajstić information content (AvgIpc) is 2.74. The molecule has 1 amide bonds. The van der Waals surface area contributed by atoms with Gasteiger partial charge in [-0.2, -0.15) is 17.5 Å². The van der Waals surface area contributed by atoms with Crippen molar-refractivity contribution in [1.82, 2.24) is 4.31 Å². The molecular weight excluding hydrogens is 476 g/mol. The molecule has 1 aliphatic rings. The van der Waals surface area contributed by atoms with E-state index >= 15 is 0 Å². The van der Waals surface area contributed by atoms with Crippen molar-refractivity contribution in [1.29, 1.82) is 0 Å². The minimum absolute atomic E-state index is 0.0898. The summed E-state index contributed by atoms with van der Waals surface area (Å²) < 4.78 is 84.7. The lowest BCUT2D eigenvalue weighted by atomic mass is 9.98. The van der Waals surface area contributed by atoms with Crippen LogP contribution in [0.4, 0.5) is 23.2 Å². The van der Waals surface area contributed by atoms with Crippen LogP contribution in [0.3, 0.4) is 0 Å². The lowest BCUT2D eigenvalue weighted by Crippen LogP contribution is -2.43. The molecule has 0 saturated carbocycles. The van der Waals surface area contributed by atoms with Crippen LogP contribution in [-0.2, 0) is 21.0 Å². The first kappa shape index (κ1) is 24.3. The van der Waals surface area contributed by atoms with Crippen LogP contribution >= 0.6 is 11.6 Å². The van der Waals surface area contributed by atoms with Gasteiger partial charge in [-0.25, -0.2) is 12.8 Å². The van der Waals surface area contributed by atoms with Crippen LogP contribution in [0.2, 0.25) is 5.02 Å². The van der Waals surface area contributed by atoms with Gasteiger partial charge in [0.1, 0.15) is 16.5 Å². The summed E-state index contributed by atoms with van der Waals surface area (Å²) in [6.45, 7) is -0.0340. The second-order valence-electron chi connectivity index (χ2n) is 7.18. The summed E-state index contributed by atoms with van der Waals surface area (Å²) in [5, 5.41) is 2.51. The number of anilines is 1. The van der Waals surface area contributed by atoms with Gasteiger partial charge in [-0.15, -0.1) is 0 Å². The Morgan fingerprint density at radius 3 is 2.59 bits per heavy atom. The van der Waals surface area contributed by atoms with E-state index < -0.39 is 39.4 Å². The SMILES string of the molecule is COc1ccc(Cl)cc1S(=O)(=O)N1CCCC(C(=O)Nc2ccc(F)c(C(F)(F)F)c2)C1. The largest absolute Gasteiger partial charge is 0.495 e. The van der Waals surface area contributed by atoms with Crippen LogP contribution in [-0.4, -0.2) is 38.8 Å². The highest BCUT2D eigenvalue weighted by atomic mass is 35.5. The Bertz CT molecular complexity index is 1130. The van der Waals surface area contributed by atoms with E-state index in [1.165, 1.54) is 25.3 Å². The zero-order chi connectivity index (χ0) is 23.7. The van der Waals surface area contributed by atoms with Crippen LogP contribution in [0.1, 0.15) is 18.4 Å². The van der Waals surface area contributed by atoms with Gasteiger partial charge in [-0.3, -0.25) is 4.79 Å². The van der Waals surface area contributed by atoms with E-state index in [0.29, 0.717) is 25.0 Å². The number of methoxy groups -OCH3 is 1. The van der Waals surface area contributed by atoms with Gasteiger partial charge < -0.3 is 10.1 Å². The smallest absolute Gasteiger partial charge is 0.419 e. The van der Waals surface area contributed by atoms with E-state index in [9.17, 15) is 30.8 Å². The van der Waals surface area contributed by atoms with Gasteiger partial charge in [-0.1, -0.05) is 11.6 Å². The number of carbonyl (C=O) groups excluding carboxylic acids is 1. The highest BCUT2D eigenvalue weighted by Gasteiger charge is 2.36. The van der Waals surface area contributed by atoms with Crippen LogP contribution in [0.25, 0.3) is 0 Å². The van der Waals surface area contributed by atoms with Crippen LogP contribution in [0.5, 0.6) is 5.75 Å². The number of rotatable bonds is 5. The summed E-state index contributed by atoms with van der Waals surface area (Å²) in [4.78, 5) is 12.5. The van der Waals surface area contributed by atoms with E-state index in [1.807, 2.05) is 0 Å². The standard InChI is InChI=1S/C20H19ClF4N2O4S/c1-31-17-7-4-13(21)9-18(17)32(29,30)27-8-2-3-12(11-27)19(28)26-14-5-6-16(22)15(10-14)20(23,24)25/h4-7,9-10,12H,2-3,8,11H2,1H3,(H,26,28). The zero-order valence-corrected chi connectivity index (χ0v) is 18.3. The monoisotopic (exact) mass is 494 g/mol. The number of nitrogens with one attached hydrogen (secondary N) is 1. The molecule has 0 spiro atoms. The van der Waals surface area contributed by atoms with E-state index in [0.717, 1.165) is 10.4 Å². The second kappa shape index (κ2) is 9.24. The normalized spacial score (nSPS) is 17.8. The Morgan fingerprint density at radius 2 is 1.94 bits per heavy atom. The number of ether oxygens (including phenoxy) is 1. The van der Waals surface area contributed by atoms with Crippen LogP contribution < -0.4 is 10.1 Å². The third kappa shape index (κ3) is 5.16. The molecule has 1 unspecified atom stereocenters. The predicted molar refractivity (Wildman–Crippen MR) is 110 cm³/mol. The van der Waals surface area contributed by atoms with E-state index in [-0.39, 0.29) is 34.4 Å². The molecule has 12 heteroatoms. The van der Waals surface area contributed by atoms with Gasteiger partial charge in [0.2, 0.25) is 15.9 Å². The zero-order valence-electron chi connectivity index (χ0n) is 16.7. The van der Waals surface area contributed by atoms with Crippen molar-refractivity contribution in [2.45, 2.75) is 23.9 Å². The Hall–Kier alpha value is -2.37. The quantitative estimate of drug-likeness (QED) is 0.619. The first-order valence-corrected chi connectivity index (χ1v) is 11.3. The molecule has 1 saturated heterocycles. The molecule has 0 radical (unpaired) electrons. The van der Waals surface area contributed by atoms with Crippen molar-refractivity contribution < 1.29 is 35.5 Å². The number of hydrogen-bond acceptors (Lipinski definition) is 4. The molecule has 1 aliphatic heterocycles. The summed E-state index contributed by atoms with van der Waals surface area (Å²) in [7, 11) is -2.74. The Labute approximate surface area is 187 Å². The van der Waals surface area contributed by atoms with Crippen molar-refractivity contribution in [2.75, 3.05) is 25.5 Å². The number of benzene rings is 2. The van der Waals surface area contributed by atoms with Crippen molar-refractivity contribution in [2.24, 2.45) is 5.92 Å². The first-order valence-electron chi connectivity index (χ1n) is 9.45. The summed E-state index contributed by atoms with van der Waals surface area (Å²) in [5.41, 5.74) is -1.74. The minimum Gasteiger partial charge on any atom is -0.495 e. The molecule has 32 heavy (non-hydrogen) atoms. The van der Waals surface area contributed by atoms with Gasteiger partial charge in [-0.05, 0) is 49.2 Å². The van der Waals surface area contributed by atoms with E-state index in [1.54, 1.807) is 0 Å². The summed E-state index contributed by atoms with van der Waals surface area (Å²) in [6, 6.07) is 6.26. The predicted octanol–water partition coefficient (Wildman–Crippen LogP) is 4.55. The molecule has 0 bridgehead atoms. The van der Waals surface area contributed by atoms with Gasteiger partial charge in [0, 0.05) is 23.8 Å². The molecule has 3 rings (SSSR count). The Kier molecular flexibility index (Phi) is 7.01. The molecule has 1 fully saturated rings. The van der Waals surface area contributed by atoms with Gasteiger partial charge in [0.25, 0.3) is 0 Å². The van der Waals surface area contributed by atoms with Crippen molar-refractivity contribution in [3.05, 3.63) is 52.8 Å². The summed E-state index contributed by atoms with van der Waals surface area (Å²) in [6.07, 6.45) is -4.23. The molecule has 2 aromatic rings. The van der Waals surface area contributed by atoms with Crippen molar-refractivity contribution in [3.8, 4) is 5.75 Å². The lowest BCUT2D eigenvalue weighted by molar-refractivity contribution is -0.140. The number of nitrogens with zero attached hydrogens (tertiary/aromatic N) is 1. The van der Waals surface area contributed by atoms with Crippen molar-refractivity contribution >= 4 is 33.2 Å². The fourth-order valence-corrected chi connectivity index (χ4v) is 5.37. The van der Waals surface area contributed by atoms with E-state index in [4.69, 9.17) is 16.3 Å². The lowest BCUT2D eigenvalue weighted by Gasteiger charge is -2.31. The summed E-state index contributed by atoms with van der Waals surface area (Å²) >= 11 is 5.93. The van der Waals surface area contributed by atoms with Gasteiger partial charge >= 0.3 is 6.18 Å². The Morgan fingerprint density at radius 1 is 1.22 bits per heavy atom. The van der Waals surface area contributed by atoms with Crippen LogP contribution in [0.15, 0.2) is 41.3 Å². The second-order valence-corrected chi connectivity index (χ2v) is 9.52. The molecule has 6 nitrogen and oxygen atoms in total. The number of sulfonamides is 1. The molecule has 1 atom stereocenters. The van der Waals surface area contributed by atoms with Crippen LogP contribution in [0, 0.1) is 11.7 Å². The third-order valence-electron chi connectivity index (χ3n) is 5.04. The third-order valence-corrected chi connectivity index (χ3v) is 7.16. The Balaban J connectivity index is 1.79. The van der Waals surface area contributed by atoms with E-state index in [2.05, 4.69) is 5.32 Å².